The number of rotatable bonds is 7. The normalized spacial score (nSPS) is 13.6. The summed E-state index contributed by atoms with van der Waals surface area (Å²) >= 11 is 1.30. The number of nitrogens with one attached hydrogen (secondary N) is 1. The van der Waals surface area contributed by atoms with Crippen molar-refractivity contribution in [2.75, 3.05) is 12.0 Å². The highest BCUT2D eigenvalue weighted by molar-refractivity contribution is 7.10. The van der Waals surface area contributed by atoms with E-state index in [1.807, 2.05) is 18.2 Å². The van der Waals surface area contributed by atoms with Crippen LogP contribution in [-0.4, -0.2) is 23.8 Å². The molecular weight excluding hydrogens is 324 g/mol. The second kappa shape index (κ2) is 6.65. The molecule has 1 fully saturated rings. The van der Waals surface area contributed by atoms with Gasteiger partial charge in [-0.05, 0) is 43.8 Å². The molecule has 1 N–H and O–H groups in total. The van der Waals surface area contributed by atoms with Crippen LogP contribution in [0.5, 0.6) is 5.75 Å². The summed E-state index contributed by atoms with van der Waals surface area (Å²) in [4.78, 5) is 25.7. The highest BCUT2D eigenvalue weighted by atomic mass is 32.1. The molecule has 0 bridgehead atoms. The van der Waals surface area contributed by atoms with Crippen LogP contribution in [0, 0.1) is 6.92 Å². The van der Waals surface area contributed by atoms with Gasteiger partial charge < -0.3 is 9.64 Å². The SMILES string of the molecule is C=CCc1ccc(C=O)c(N(c2s[nH]c(=O)c2C)C2CC2)c1OC. The molecule has 6 heteroatoms. The van der Waals surface area contributed by atoms with E-state index in [4.69, 9.17) is 4.74 Å². The second-order valence-corrected chi connectivity index (χ2v) is 6.67. The molecule has 1 aromatic carbocycles. The number of aromatic amines is 1. The third-order valence-corrected chi connectivity index (χ3v) is 5.20. The molecule has 1 aliphatic rings. The van der Waals surface area contributed by atoms with Gasteiger partial charge in [0.05, 0.1) is 18.4 Å². The van der Waals surface area contributed by atoms with Crippen molar-refractivity contribution in [2.24, 2.45) is 0 Å². The van der Waals surface area contributed by atoms with Crippen molar-refractivity contribution in [1.29, 1.82) is 0 Å². The molecule has 0 aliphatic heterocycles. The maximum Gasteiger partial charge on any atom is 0.263 e. The minimum atomic E-state index is -0.0884. The van der Waals surface area contributed by atoms with Crippen molar-refractivity contribution in [2.45, 2.75) is 32.2 Å². The van der Waals surface area contributed by atoms with E-state index < -0.39 is 0 Å². The van der Waals surface area contributed by atoms with Gasteiger partial charge in [0.15, 0.2) is 6.29 Å². The molecular formula is C18H20N2O3S. The number of hydrogen-bond donors (Lipinski definition) is 1. The molecule has 5 nitrogen and oxygen atoms in total. The van der Waals surface area contributed by atoms with Crippen molar-refractivity contribution < 1.29 is 9.53 Å². The largest absolute Gasteiger partial charge is 0.494 e. The molecule has 1 heterocycles. The van der Waals surface area contributed by atoms with Crippen LogP contribution in [0.25, 0.3) is 0 Å². The van der Waals surface area contributed by atoms with Crippen LogP contribution in [0.4, 0.5) is 10.7 Å². The van der Waals surface area contributed by atoms with E-state index in [0.717, 1.165) is 35.4 Å². The number of carbonyl (C=O) groups is 1. The minimum Gasteiger partial charge on any atom is -0.494 e. The van der Waals surface area contributed by atoms with Crippen molar-refractivity contribution in [1.82, 2.24) is 4.37 Å². The van der Waals surface area contributed by atoms with Gasteiger partial charge in [0, 0.05) is 17.2 Å². The highest BCUT2D eigenvalue weighted by Crippen LogP contribution is 2.47. The van der Waals surface area contributed by atoms with Crippen LogP contribution in [-0.2, 0) is 6.42 Å². The zero-order valence-electron chi connectivity index (χ0n) is 13.8. The lowest BCUT2D eigenvalue weighted by molar-refractivity contribution is 0.112. The molecule has 1 saturated carbocycles. The van der Waals surface area contributed by atoms with Crippen molar-refractivity contribution in [3.8, 4) is 5.75 Å². The summed E-state index contributed by atoms with van der Waals surface area (Å²) in [5.74, 6) is 0.673. The summed E-state index contributed by atoms with van der Waals surface area (Å²) < 4.78 is 8.45. The quantitative estimate of drug-likeness (QED) is 0.616. The average molecular weight is 344 g/mol. The molecule has 1 aromatic heterocycles. The van der Waals surface area contributed by atoms with Gasteiger partial charge in [0.2, 0.25) is 0 Å². The first-order valence-electron chi connectivity index (χ1n) is 7.85. The minimum absolute atomic E-state index is 0.0884. The number of H-pyrrole nitrogens is 1. The molecule has 0 spiro atoms. The number of allylic oxidation sites excluding steroid dienone is 1. The van der Waals surface area contributed by atoms with Crippen LogP contribution in [0.15, 0.2) is 29.6 Å². The summed E-state index contributed by atoms with van der Waals surface area (Å²) in [6.07, 6.45) is 5.35. The number of benzene rings is 1. The molecule has 1 aliphatic carbocycles. The van der Waals surface area contributed by atoms with E-state index in [2.05, 4.69) is 15.9 Å². The third-order valence-electron chi connectivity index (χ3n) is 4.21. The molecule has 3 rings (SSSR count). The summed E-state index contributed by atoms with van der Waals surface area (Å²) in [6, 6.07) is 3.98. The average Bonchev–Trinajstić information content (AvgIpc) is 3.37. The Morgan fingerprint density at radius 2 is 2.21 bits per heavy atom. The second-order valence-electron chi connectivity index (χ2n) is 5.87. The summed E-state index contributed by atoms with van der Waals surface area (Å²) in [5.41, 5.74) is 2.85. The number of hydrogen-bond acceptors (Lipinski definition) is 5. The number of nitrogens with zero attached hydrogens (tertiary/aromatic N) is 1. The predicted octanol–water partition coefficient (Wildman–Crippen LogP) is 3.59. The molecule has 0 atom stereocenters. The lowest BCUT2D eigenvalue weighted by atomic mass is 10.0. The molecule has 0 amide bonds. The number of carbonyl (C=O) groups excluding carboxylic acids is 1. The fourth-order valence-corrected chi connectivity index (χ4v) is 3.80. The van der Waals surface area contributed by atoms with E-state index in [1.165, 1.54) is 11.5 Å². The van der Waals surface area contributed by atoms with Gasteiger partial charge in [-0.1, -0.05) is 12.1 Å². The van der Waals surface area contributed by atoms with E-state index >= 15 is 0 Å². The number of anilines is 2. The molecule has 0 saturated heterocycles. The summed E-state index contributed by atoms with van der Waals surface area (Å²) in [7, 11) is 1.61. The van der Waals surface area contributed by atoms with Crippen LogP contribution in [0.1, 0.15) is 34.3 Å². The van der Waals surface area contributed by atoms with E-state index in [9.17, 15) is 9.59 Å². The number of aromatic nitrogens is 1. The third kappa shape index (κ3) is 2.78. The zero-order chi connectivity index (χ0) is 17.3. The van der Waals surface area contributed by atoms with Gasteiger partial charge in [0.1, 0.15) is 10.8 Å². The van der Waals surface area contributed by atoms with Crippen LogP contribution in [0.3, 0.4) is 0 Å². The van der Waals surface area contributed by atoms with Gasteiger partial charge in [-0.3, -0.25) is 14.0 Å². The summed E-state index contributed by atoms with van der Waals surface area (Å²) in [5, 5.41) is 0.847. The number of methoxy groups -OCH3 is 1. The Morgan fingerprint density at radius 3 is 2.71 bits per heavy atom. The van der Waals surface area contributed by atoms with Gasteiger partial charge in [-0.15, -0.1) is 6.58 Å². The first-order valence-corrected chi connectivity index (χ1v) is 8.67. The van der Waals surface area contributed by atoms with Gasteiger partial charge in [0.25, 0.3) is 5.56 Å². The van der Waals surface area contributed by atoms with E-state index in [1.54, 1.807) is 14.0 Å². The zero-order valence-corrected chi connectivity index (χ0v) is 14.6. The Kier molecular flexibility index (Phi) is 4.57. The lowest BCUT2D eigenvalue weighted by Crippen LogP contribution is -2.22. The Morgan fingerprint density at radius 1 is 1.46 bits per heavy atom. The van der Waals surface area contributed by atoms with Gasteiger partial charge in [-0.2, -0.15) is 0 Å². The van der Waals surface area contributed by atoms with Crippen LogP contribution in [0.2, 0.25) is 0 Å². The molecule has 2 aromatic rings. The smallest absolute Gasteiger partial charge is 0.263 e. The lowest BCUT2D eigenvalue weighted by Gasteiger charge is -2.28. The Balaban J connectivity index is 2.25. The summed E-state index contributed by atoms with van der Waals surface area (Å²) in [6.45, 7) is 5.59. The maximum atomic E-state index is 11.9. The molecule has 0 radical (unpaired) electrons. The van der Waals surface area contributed by atoms with Crippen LogP contribution < -0.4 is 15.2 Å². The molecule has 126 valence electrons. The monoisotopic (exact) mass is 344 g/mol. The highest BCUT2D eigenvalue weighted by Gasteiger charge is 2.36. The first-order chi connectivity index (χ1) is 11.6. The van der Waals surface area contributed by atoms with Crippen molar-refractivity contribution in [3.63, 3.8) is 0 Å². The maximum absolute atomic E-state index is 11.9. The van der Waals surface area contributed by atoms with Crippen molar-refractivity contribution in [3.05, 3.63) is 51.8 Å². The predicted molar refractivity (Wildman–Crippen MR) is 97.1 cm³/mol. The van der Waals surface area contributed by atoms with E-state index in [0.29, 0.717) is 23.3 Å². The fourth-order valence-electron chi connectivity index (χ4n) is 2.87. The van der Waals surface area contributed by atoms with E-state index in [-0.39, 0.29) is 11.6 Å². The molecule has 0 unspecified atom stereocenters. The fraction of sp³-hybridized carbons (Fsp3) is 0.333. The number of ether oxygens (including phenoxy) is 1. The van der Waals surface area contributed by atoms with Crippen molar-refractivity contribution >= 4 is 28.5 Å². The van der Waals surface area contributed by atoms with Gasteiger partial charge in [-0.25, -0.2) is 0 Å². The standard InChI is InChI=1S/C18H20N2O3S/c1-4-5-12-6-7-13(10-21)15(16(12)23-3)20(14-8-9-14)18-11(2)17(22)19-24-18/h4,6-7,10,14H,1,5,8-9H2,2-3H3,(H,19,22). The topological polar surface area (TPSA) is 62.4 Å². The Bertz CT molecular complexity index is 833. The number of aldehydes is 1. The Hall–Kier alpha value is -2.34. The molecule has 24 heavy (non-hydrogen) atoms. The first kappa shape index (κ1) is 16.5. The Labute approximate surface area is 144 Å². The van der Waals surface area contributed by atoms with Gasteiger partial charge >= 0.3 is 0 Å². The van der Waals surface area contributed by atoms with Crippen LogP contribution >= 0.6 is 11.5 Å².